The van der Waals surface area contributed by atoms with Gasteiger partial charge in [0, 0.05) is 26.2 Å². The van der Waals surface area contributed by atoms with E-state index in [9.17, 15) is 19.1 Å². The zero-order valence-electron chi connectivity index (χ0n) is 14.1. The van der Waals surface area contributed by atoms with Crippen LogP contribution in [0.25, 0.3) is 0 Å². The van der Waals surface area contributed by atoms with Gasteiger partial charge in [-0.25, -0.2) is 4.39 Å². The number of halogens is 1. The molecule has 3 rings (SSSR count). The molecular weight excluding hydrogens is 327 g/mol. The number of benzene rings is 1. The highest BCUT2D eigenvalue weighted by molar-refractivity contribution is 6.08. The van der Waals surface area contributed by atoms with Crippen LogP contribution in [0.5, 0.6) is 0 Å². The molecule has 2 aliphatic heterocycles. The number of carbonyl (C=O) groups is 2. The number of hydrogen-bond acceptors (Lipinski definition) is 5. The van der Waals surface area contributed by atoms with Crippen molar-refractivity contribution < 1.29 is 23.8 Å². The van der Waals surface area contributed by atoms with Gasteiger partial charge in [0.2, 0.25) is 0 Å². The molecule has 1 atom stereocenters. The first-order valence-electron chi connectivity index (χ1n) is 8.29. The summed E-state index contributed by atoms with van der Waals surface area (Å²) in [6.07, 6.45) is 0. The first kappa shape index (κ1) is 17.6. The maximum atomic E-state index is 13.7. The van der Waals surface area contributed by atoms with Gasteiger partial charge >= 0.3 is 0 Å². The van der Waals surface area contributed by atoms with Crippen LogP contribution in [-0.4, -0.2) is 66.0 Å². The highest BCUT2D eigenvalue weighted by Crippen LogP contribution is 2.37. The lowest BCUT2D eigenvalue weighted by molar-refractivity contribution is -0.129. The van der Waals surface area contributed by atoms with E-state index in [4.69, 9.17) is 4.74 Å². The van der Waals surface area contributed by atoms with Gasteiger partial charge < -0.3 is 14.7 Å². The zero-order chi connectivity index (χ0) is 18.0. The van der Waals surface area contributed by atoms with E-state index in [0.29, 0.717) is 31.9 Å². The smallest absolute Gasteiger partial charge is 0.290 e. The summed E-state index contributed by atoms with van der Waals surface area (Å²) in [5.74, 6) is -1.97. The van der Waals surface area contributed by atoms with Gasteiger partial charge in [-0.05, 0) is 24.6 Å². The Morgan fingerprint density at radius 3 is 2.68 bits per heavy atom. The van der Waals surface area contributed by atoms with Gasteiger partial charge in [0.1, 0.15) is 5.82 Å². The largest absolute Gasteiger partial charge is 0.503 e. The number of amides is 1. The van der Waals surface area contributed by atoms with E-state index in [1.807, 2.05) is 0 Å². The van der Waals surface area contributed by atoms with Crippen molar-refractivity contribution in [2.75, 3.05) is 39.4 Å². The van der Waals surface area contributed by atoms with Crippen LogP contribution in [0.15, 0.2) is 35.6 Å². The maximum absolute atomic E-state index is 13.7. The van der Waals surface area contributed by atoms with Gasteiger partial charge in [-0.15, -0.1) is 0 Å². The molecule has 134 valence electrons. The summed E-state index contributed by atoms with van der Waals surface area (Å²) < 4.78 is 19.0. The maximum Gasteiger partial charge on any atom is 0.290 e. The molecule has 7 heteroatoms. The monoisotopic (exact) mass is 348 g/mol. The summed E-state index contributed by atoms with van der Waals surface area (Å²) in [6.45, 7) is 5.06. The van der Waals surface area contributed by atoms with Crippen LogP contribution in [0.4, 0.5) is 4.39 Å². The third-order valence-corrected chi connectivity index (χ3v) is 4.61. The average Bonchev–Trinajstić information content (AvgIpc) is 2.85. The van der Waals surface area contributed by atoms with Crippen molar-refractivity contribution in [2.24, 2.45) is 0 Å². The minimum Gasteiger partial charge on any atom is -0.503 e. The minimum absolute atomic E-state index is 0.0255. The normalized spacial score (nSPS) is 21.9. The quantitative estimate of drug-likeness (QED) is 0.872. The SMILES string of the molecule is CC(=O)C1=C(O)C(=O)N(CCN2CCOCC2)[C@H]1c1cccc(F)c1. The van der Waals surface area contributed by atoms with Gasteiger partial charge in [0.25, 0.3) is 5.91 Å². The number of aliphatic hydroxyl groups is 1. The number of ketones is 1. The van der Waals surface area contributed by atoms with Crippen LogP contribution in [-0.2, 0) is 14.3 Å². The number of aliphatic hydroxyl groups excluding tert-OH is 1. The third-order valence-electron chi connectivity index (χ3n) is 4.61. The molecule has 0 spiro atoms. The fraction of sp³-hybridized carbons (Fsp3) is 0.444. The molecule has 0 radical (unpaired) electrons. The number of nitrogens with zero attached hydrogens (tertiary/aromatic N) is 2. The van der Waals surface area contributed by atoms with Crippen molar-refractivity contribution in [3.05, 3.63) is 47.0 Å². The summed E-state index contributed by atoms with van der Waals surface area (Å²) >= 11 is 0. The number of morpholine rings is 1. The first-order valence-corrected chi connectivity index (χ1v) is 8.29. The van der Waals surface area contributed by atoms with Crippen molar-refractivity contribution in [1.29, 1.82) is 0 Å². The summed E-state index contributed by atoms with van der Waals surface area (Å²) in [4.78, 5) is 28.1. The minimum atomic E-state index is -0.762. The number of carbonyl (C=O) groups excluding carboxylic acids is 2. The Hall–Kier alpha value is -2.25. The van der Waals surface area contributed by atoms with Crippen LogP contribution in [0.2, 0.25) is 0 Å². The standard InChI is InChI=1S/C18H21FN2O4/c1-12(22)15-16(13-3-2-4-14(19)11-13)21(18(24)17(15)23)6-5-20-7-9-25-10-8-20/h2-4,11,16,23H,5-10H2,1H3/t16-/m0/s1. The van der Waals surface area contributed by atoms with E-state index < -0.39 is 29.3 Å². The number of hydrogen-bond donors (Lipinski definition) is 1. The predicted octanol–water partition coefficient (Wildman–Crippen LogP) is 1.44. The molecule has 0 aliphatic carbocycles. The van der Waals surface area contributed by atoms with Gasteiger partial charge in [-0.1, -0.05) is 12.1 Å². The molecule has 1 amide bonds. The van der Waals surface area contributed by atoms with Crippen LogP contribution in [0, 0.1) is 5.82 Å². The molecule has 1 aromatic carbocycles. The Labute approximate surface area is 145 Å². The highest BCUT2D eigenvalue weighted by atomic mass is 19.1. The molecule has 2 heterocycles. The van der Waals surface area contributed by atoms with Crippen LogP contribution >= 0.6 is 0 Å². The summed E-state index contributed by atoms with van der Waals surface area (Å²) in [5, 5.41) is 10.2. The number of ether oxygens (including phenoxy) is 1. The fourth-order valence-electron chi connectivity index (χ4n) is 3.34. The number of Topliss-reactive ketones (excluding diaryl/α,β-unsaturated/α-hetero) is 1. The zero-order valence-corrected chi connectivity index (χ0v) is 14.1. The fourth-order valence-corrected chi connectivity index (χ4v) is 3.34. The van der Waals surface area contributed by atoms with E-state index >= 15 is 0 Å². The second-order valence-electron chi connectivity index (χ2n) is 6.23. The van der Waals surface area contributed by atoms with Gasteiger partial charge in [0.15, 0.2) is 11.5 Å². The molecule has 0 bridgehead atoms. The Morgan fingerprint density at radius 2 is 2.04 bits per heavy atom. The van der Waals surface area contributed by atoms with Crippen molar-refractivity contribution in [2.45, 2.75) is 13.0 Å². The summed E-state index contributed by atoms with van der Waals surface area (Å²) in [5.41, 5.74) is 0.502. The predicted molar refractivity (Wildman–Crippen MR) is 88.4 cm³/mol. The summed E-state index contributed by atoms with van der Waals surface area (Å²) in [7, 11) is 0. The third kappa shape index (κ3) is 3.57. The molecular formula is C18H21FN2O4. The number of rotatable bonds is 5. The molecule has 1 aromatic rings. The topological polar surface area (TPSA) is 70.1 Å². The second kappa shape index (κ2) is 7.33. The van der Waals surface area contributed by atoms with E-state index in [1.165, 1.54) is 30.0 Å². The Balaban J connectivity index is 1.87. The van der Waals surface area contributed by atoms with Gasteiger partial charge in [-0.3, -0.25) is 14.5 Å². The molecule has 6 nitrogen and oxygen atoms in total. The molecule has 25 heavy (non-hydrogen) atoms. The second-order valence-corrected chi connectivity index (χ2v) is 6.23. The van der Waals surface area contributed by atoms with Crippen molar-refractivity contribution >= 4 is 11.7 Å². The van der Waals surface area contributed by atoms with Crippen LogP contribution < -0.4 is 0 Å². The lowest BCUT2D eigenvalue weighted by atomic mass is 9.96. The molecule has 1 N–H and O–H groups in total. The van der Waals surface area contributed by atoms with E-state index in [0.717, 1.165) is 13.1 Å². The average molecular weight is 348 g/mol. The highest BCUT2D eigenvalue weighted by Gasteiger charge is 2.42. The molecule has 0 saturated carbocycles. The molecule has 1 fully saturated rings. The summed E-state index contributed by atoms with van der Waals surface area (Å²) in [6, 6.07) is 5.02. The van der Waals surface area contributed by atoms with Crippen LogP contribution in [0.1, 0.15) is 18.5 Å². The molecule has 0 unspecified atom stereocenters. The first-order chi connectivity index (χ1) is 12.0. The Bertz CT molecular complexity index is 713. The lowest BCUT2D eigenvalue weighted by Crippen LogP contribution is -2.43. The van der Waals surface area contributed by atoms with Crippen molar-refractivity contribution in [1.82, 2.24) is 9.80 Å². The molecule has 1 saturated heterocycles. The molecule has 0 aromatic heterocycles. The van der Waals surface area contributed by atoms with Gasteiger partial charge in [0.05, 0.1) is 24.8 Å². The van der Waals surface area contributed by atoms with E-state index in [2.05, 4.69) is 4.90 Å². The van der Waals surface area contributed by atoms with Crippen molar-refractivity contribution in [3.63, 3.8) is 0 Å². The van der Waals surface area contributed by atoms with Gasteiger partial charge in [-0.2, -0.15) is 0 Å². The van der Waals surface area contributed by atoms with Crippen molar-refractivity contribution in [3.8, 4) is 0 Å². The molecule has 2 aliphatic rings. The lowest BCUT2D eigenvalue weighted by Gasteiger charge is -2.31. The van der Waals surface area contributed by atoms with Crippen LogP contribution in [0.3, 0.4) is 0 Å². The Kier molecular flexibility index (Phi) is 5.15. The van der Waals surface area contributed by atoms with E-state index in [-0.39, 0.29) is 5.57 Å². The Morgan fingerprint density at radius 1 is 1.32 bits per heavy atom. The van der Waals surface area contributed by atoms with E-state index in [1.54, 1.807) is 6.07 Å².